The normalized spacial score (nSPS) is 10.9. The maximum Gasteiger partial charge on any atom is 0.325 e. The van der Waals surface area contributed by atoms with Crippen molar-refractivity contribution in [1.82, 2.24) is 15.6 Å². The van der Waals surface area contributed by atoms with Crippen LogP contribution in [0.15, 0.2) is 23.7 Å². The van der Waals surface area contributed by atoms with E-state index < -0.39 is 29.7 Å². The molecule has 0 bridgehead atoms. The first-order chi connectivity index (χ1) is 17.7. The number of ether oxygens (including phenoxy) is 2. The van der Waals surface area contributed by atoms with Crippen LogP contribution in [0.5, 0.6) is 0 Å². The number of rotatable bonds is 12. The molecule has 2 rings (SSSR count). The van der Waals surface area contributed by atoms with E-state index >= 15 is 0 Å². The van der Waals surface area contributed by atoms with Crippen molar-refractivity contribution in [2.45, 2.75) is 32.7 Å². The minimum absolute atomic E-state index is 0.0200. The molecule has 0 saturated carbocycles. The summed E-state index contributed by atoms with van der Waals surface area (Å²) in [4.78, 5) is 61.9. The Labute approximate surface area is 217 Å². The van der Waals surface area contributed by atoms with Crippen LogP contribution < -0.4 is 27.2 Å². The zero-order chi connectivity index (χ0) is 27.8. The van der Waals surface area contributed by atoms with Gasteiger partial charge in [-0.15, -0.1) is 11.3 Å². The maximum atomic E-state index is 12.4. The highest BCUT2D eigenvalue weighted by Gasteiger charge is 2.24. The lowest BCUT2D eigenvalue weighted by molar-refractivity contribution is -0.143. The van der Waals surface area contributed by atoms with Crippen LogP contribution in [0.25, 0.3) is 10.2 Å². The van der Waals surface area contributed by atoms with Gasteiger partial charge in [0.25, 0.3) is 5.91 Å². The van der Waals surface area contributed by atoms with Crippen LogP contribution in [0.3, 0.4) is 0 Å². The van der Waals surface area contributed by atoms with Crippen molar-refractivity contribution in [3.05, 3.63) is 23.7 Å². The third-order valence-electron chi connectivity index (χ3n) is 4.46. The molecule has 15 heteroatoms. The fraction of sp³-hybridized carbons (Fsp3) is 0.455. The number of hydroxylamine groups is 1. The second kappa shape index (κ2) is 16.9. The molecule has 14 nitrogen and oxygen atoms in total. The van der Waals surface area contributed by atoms with E-state index in [-0.39, 0.29) is 50.7 Å². The van der Waals surface area contributed by atoms with E-state index in [9.17, 15) is 29.2 Å². The molecule has 1 aromatic heterocycles. The van der Waals surface area contributed by atoms with Crippen LogP contribution in [-0.2, 0) is 33.4 Å². The number of nitrogens with zero attached hydrogens (tertiary/aromatic N) is 2. The van der Waals surface area contributed by atoms with E-state index in [4.69, 9.17) is 16.2 Å². The van der Waals surface area contributed by atoms with Gasteiger partial charge >= 0.3 is 11.9 Å². The number of carbonyl (C=O) groups excluding carboxylic acids is 5. The number of fused-ring (bicyclic) bond motifs is 1. The van der Waals surface area contributed by atoms with Crippen LogP contribution in [0.4, 0.5) is 5.69 Å². The fourth-order valence-corrected chi connectivity index (χ4v) is 3.44. The number of aromatic nitrogens is 1. The van der Waals surface area contributed by atoms with Gasteiger partial charge < -0.3 is 31.6 Å². The van der Waals surface area contributed by atoms with Crippen LogP contribution in [0.1, 0.15) is 26.7 Å². The number of carbonyl (C=O) groups is 5. The number of nitrogens with one attached hydrogen (secondary N) is 2. The number of nitrogens with two attached hydrogens (primary N) is 2. The van der Waals surface area contributed by atoms with Gasteiger partial charge in [-0.05, 0) is 38.5 Å². The first-order valence-corrected chi connectivity index (χ1v) is 12.2. The Morgan fingerprint density at radius 1 is 1.08 bits per heavy atom. The minimum atomic E-state index is -1.11. The number of anilines is 1. The van der Waals surface area contributed by atoms with Crippen LogP contribution in [-0.4, -0.2) is 78.7 Å². The molecule has 3 amide bonds. The molecule has 7 N–H and O–H groups in total. The van der Waals surface area contributed by atoms with Crippen LogP contribution >= 0.6 is 11.3 Å². The lowest BCUT2D eigenvalue weighted by Crippen LogP contribution is -2.50. The second-order valence-electron chi connectivity index (χ2n) is 7.10. The number of thiazole rings is 1. The van der Waals surface area contributed by atoms with Crippen molar-refractivity contribution < 1.29 is 38.7 Å². The van der Waals surface area contributed by atoms with Gasteiger partial charge in [-0.3, -0.25) is 29.2 Å². The van der Waals surface area contributed by atoms with Crippen molar-refractivity contribution in [2.24, 2.45) is 11.5 Å². The molecule has 1 unspecified atom stereocenters. The van der Waals surface area contributed by atoms with Gasteiger partial charge in [0.05, 0.1) is 47.7 Å². The Hall–Kier alpha value is -3.66. The Morgan fingerprint density at radius 2 is 1.76 bits per heavy atom. The lowest BCUT2D eigenvalue weighted by atomic mass is 10.1. The smallest absolute Gasteiger partial charge is 0.325 e. The average Bonchev–Trinajstić information content (AvgIpc) is 3.37. The molecule has 0 radical (unpaired) electrons. The molecule has 0 aliphatic heterocycles. The Balaban J connectivity index is 0.000000856. The van der Waals surface area contributed by atoms with Gasteiger partial charge in [-0.1, -0.05) is 0 Å². The van der Waals surface area contributed by atoms with E-state index in [1.54, 1.807) is 37.6 Å². The summed E-state index contributed by atoms with van der Waals surface area (Å²) >= 11 is 1.36. The molecule has 37 heavy (non-hydrogen) atoms. The second-order valence-corrected chi connectivity index (χ2v) is 7.99. The first-order valence-electron chi connectivity index (χ1n) is 11.3. The summed E-state index contributed by atoms with van der Waals surface area (Å²) in [5.74, 6) is -2.93. The van der Waals surface area contributed by atoms with E-state index in [2.05, 4.69) is 20.4 Å². The molecular weight excluding hydrogens is 508 g/mol. The molecule has 0 aliphatic rings. The maximum absolute atomic E-state index is 12.4. The summed E-state index contributed by atoms with van der Waals surface area (Å²) in [5.41, 5.74) is 12.8. The molecular formula is C22H32N6O8S. The third kappa shape index (κ3) is 11.3. The number of amides is 3. The topological polar surface area (TPSA) is 216 Å². The van der Waals surface area contributed by atoms with Gasteiger partial charge in [0, 0.05) is 6.42 Å². The van der Waals surface area contributed by atoms with Crippen LogP contribution in [0, 0.1) is 0 Å². The highest BCUT2D eigenvalue weighted by atomic mass is 32.1. The number of hydrogen-bond donors (Lipinski definition) is 5. The van der Waals surface area contributed by atoms with Gasteiger partial charge in [0.1, 0.15) is 12.6 Å². The Kier molecular flexibility index (Phi) is 14.3. The standard InChI is InChI=1S/C18H23N5O6S.C4H9NO2/c1-2-29-17(26)9-20-18(27)13(22-15(24)8-19)5-6-16(25)23(28)11-3-4-12-14(7-11)30-10-21-12;1-2-7-4(6)3-5/h3-4,7,10,13,28H,2,5-6,8-9,19H2,1H3,(H,20,27)(H,22,24);2-3,5H2,1H3. The summed E-state index contributed by atoms with van der Waals surface area (Å²) in [6.45, 7) is 3.20. The summed E-state index contributed by atoms with van der Waals surface area (Å²) in [6.07, 6.45) is -0.362. The highest BCUT2D eigenvalue weighted by molar-refractivity contribution is 7.16. The minimum Gasteiger partial charge on any atom is -0.465 e. The lowest BCUT2D eigenvalue weighted by Gasteiger charge is -2.19. The molecule has 1 aromatic carbocycles. The Morgan fingerprint density at radius 3 is 2.35 bits per heavy atom. The van der Waals surface area contributed by atoms with Crippen molar-refractivity contribution >= 4 is 56.9 Å². The Bertz CT molecular complexity index is 1060. The molecule has 1 heterocycles. The largest absolute Gasteiger partial charge is 0.465 e. The molecule has 2 aromatic rings. The highest BCUT2D eigenvalue weighted by Crippen LogP contribution is 2.24. The van der Waals surface area contributed by atoms with Gasteiger partial charge in [0.15, 0.2) is 0 Å². The van der Waals surface area contributed by atoms with Crippen molar-refractivity contribution in [2.75, 3.05) is 37.9 Å². The zero-order valence-corrected chi connectivity index (χ0v) is 21.4. The number of hydrogen-bond acceptors (Lipinski definition) is 12. The molecule has 0 aliphatic carbocycles. The number of esters is 2. The van der Waals surface area contributed by atoms with E-state index in [1.165, 1.54) is 11.3 Å². The van der Waals surface area contributed by atoms with Crippen molar-refractivity contribution in [3.63, 3.8) is 0 Å². The van der Waals surface area contributed by atoms with E-state index in [1.807, 2.05) is 0 Å². The molecule has 0 saturated heterocycles. The van der Waals surface area contributed by atoms with E-state index in [0.717, 1.165) is 10.2 Å². The van der Waals surface area contributed by atoms with Gasteiger partial charge in [-0.25, -0.2) is 4.98 Å². The monoisotopic (exact) mass is 540 g/mol. The molecule has 0 spiro atoms. The molecule has 1 atom stereocenters. The summed E-state index contributed by atoms with van der Waals surface area (Å²) in [6, 6.07) is 3.71. The third-order valence-corrected chi connectivity index (χ3v) is 5.26. The summed E-state index contributed by atoms with van der Waals surface area (Å²) in [7, 11) is 0. The average molecular weight is 541 g/mol. The predicted molar refractivity (Wildman–Crippen MR) is 134 cm³/mol. The quantitative estimate of drug-likeness (QED) is 0.130. The fourth-order valence-electron chi connectivity index (χ4n) is 2.73. The van der Waals surface area contributed by atoms with E-state index in [0.29, 0.717) is 11.7 Å². The summed E-state index contributed by atoms with van der Waals surface area (Å²) in [5, 5.41) is 15.4. The van der Waals surface area contributed by atoms with Gasteiger partial charge in [-0.2, -0.15) is 5.06 Å². The van der Waals surface area contributed by atoms with Crippen LogP contribution in [0.2, 0.25) is 0 Å². The predicted octanol–water partition coefficient (Wildman–Crippen LogP) is -0.570. The zero-order valence-electron chi connectivity index (χ0n) is 20.6. The molecule has 0 fully saturated rings. The molecule has 204 valence electrons. The number of benzene rings is 1. The van der Waals surface area contributed by atoms with Crippen molar-refractivity contribution in [1.29, 1.82) is 0 Å². The summed E-state index contributed by atoms with van der Waals surface area (Å²) < 4.78 is 9.94. The van der Waals surface area contributed by atoms with Gasteiger partial charge in [0.2, 0.25) is 11.8 Å². The first kappa shape index (κ1) is 31.4. The SMILES string of the molecule is CCOC(=O)CN.CCOC(=O)CNC(=O)C(CCC(=O)N(O)c1ccc2ncsc2c1)NC(=O)CN. The van der Waals surface area contributed by atoms with Crippen molar-refractivity contribution in [3.8, 4) is 0 Å².